The van der Waals surface area contributed by atoms with Gasteiger partial charge < -0.3 is 19.0 Å². The Kier molecular flexibility index (Phi) is 11.7. The summed E-state index contributed by atoms with van der Waals surface area (Å²) in [6.45, 7) is 39.1. The Morgan fingerprint density at radius 3 is 1.88 bits per heavy atom. The number of furan rings is 1. The van der Waals surface area contributed by atoms with Crippen LogP contribution in [0.5, 0.6) is 0 Å². The first-order chi connectivity index (χ1) is 31.8. The molecule has 0 bridgehead atoms. The molecule has 352 valence electrons. The summed E-state index contributed by atoms with van der Waals surface area (Å²) < 4.78 is 13.4. The minimum absolute atomic E-state index is 0.00906. The summed E-state index contributed by atoms with van der Waals surface area (Å²) in [5.74, 6) is 1.19. The van der Waals surface area contributed by atoms with Gasteiger partial charge in [-0.2, -0.15) is 0 Å². The zero-order chi connectivity index (χ0) is 48.9. The first-order valence-corrected chi connectivity index (χ1v) is 25.0. The number of nitrogens with zero attached hydrogens (tertiary/aromatic N) is 2. The Labute approximate surface area is 411 Å². The van der Waals surface area contributed by atoms with Crippen LogP contribution in [-0.4, -0.2) is 0 Å². The Balaban J connectivity index is 1.32. The zero-order valence-corrected chi connectivity index (χ0v) is 43.6. The van der Waals surface area contributed by atoms with Crippen molar-refractivity contribution in [2.24, 2.45) is 11.3 Å². The highest BCUT2D eigenvalue weighted by molar-refractivity contribution is 6.31. The van der Waals surface area contributed by atoms with Crippen molar-refractivity contribution >= 4 is 62.0 Å². The van der Waals surface area contributed by atoms with E-state index in [-0.39, 0.29) is 33.0 Å². The van der Waals surface area contributed by atoms with Crippen molar-refractivity contribution in [3.8, 4) is 0 Å². The monoisotopic (exact) mass is 923 g/mol. The molecule has 5 aromatic carbocycles. The van der Waals surface area contributed by atoms with E-state index in [4.69, 9.17) is 20.8 Å². The van der Waals surface area contributed by atoms with Crippen LogP contribution in [0.4, 0.5) is 28.4 Å². The van der Waals surface area contributed by atoms with Crippen molar-refractivity contribution in [2.45, 2.75) is 137 Å². The maximum atomic E-state index is 7.52. The van der Waals surface area contributed by atoms with Crippen molar-refractivity contribution in [3.63, 3.8) is 0 Å². The number of ether oxygens (including phenoxy) is 1. The molecular formula is C63H71ClN2O2. The standard InChI is InChI=1S/C63H71ClN2O2/c1-39-23-24-44(33-41(3)67-42(4)51(31-39)59(5,6)7)66(56-38-54-52(32-40(56)2)61(10,11)29-30-63(54,14)15)47-35-43(64)34-46(36-47)65(45-25-26-50-53(37-45)62(12,13)28-27-60(50,8)9)55-21-18-20-49-48-19-16-17-22-57(48)68-58(49)55/h16-26,31-39H,3-4,27-30H2,1-2,5-15H3/b24-23-,44-33+,51-31+. The third-order valence-electron chi connectivity index (χ3n) is 15.4. The lowest BCUT2D eigenvalue weighted by atomic mass is 9.63. The zero-order valence-electron chi connectivity index (χ0n) is 42.9. The second kappa shape index (κ2) is 16.8. The van der Waals surface area contributed by atoms with E-state index in [0.29, 0.717) is 16.5 Å². The van der Waals surface area contributed by atoms with Crippen LogP contribution in [0.1, 0.15) is 137 Å². The van der Waals surface area contributed by atoms with Crippen LogP contribution in [-0.2, 0) is 26.4 Å². The predicted molar refractivity (Wildman–Crippen MR) is 291 cm³/mol. The fraction of sp³-hybridized carbons (Fsp3) is 0.365. The molecule has 0 saturated heterocycles. The molecule has 0 N–H and O–H groups in total. The molecule has 0 amide bonds. The molecular weight excluding hydrogens is 852 g/mol. The van der Waals surface area contributed by atoms with Gasteiger partial charge in [0.05, 0.1) is 5.69 Å². The number of hydrogen-bond acceptors (Lipinski definition) is 4. The van der Waals surface area contributed by atoms with Crippen molar-refractivity contribution in [1.29, 1.82) is 0 Å². The maximum absolute atomic E-state index is 7.52. The molecule has 4 nitrogen and oxygen atoms in total. The van der Waals surface area contributed by atoms with Gasteiger partial charge in [0, 0.05) is 50.3 Å². The smallest absolute Gasteiger partial charge is 0.159 e. The third kappa shape index (κ3) is 8.57. The predicted octanol–water partition coefficient (Wildman–Crippen LogP) is 19.0. The van der Waals surface area contributed by atoms with Gasteiger partial charge in [-0.15, -0.1) is 0 Å². The van der Waals surface area contributed by atoms with E-state index in [1.165, 1.54) is 27.8 Å². The van der Waals surface area contributed by atoms with E-state index in [2.05, 4.69) is 222 Å². The van der Waals surface area contributed by atoms with Gasteiger partial charge >= 0.3 is 0 Å². The summed E-state index contributed by atoms with van der Waals surface area (Å²) >= 11 is 7.52. The van der Waals surface area contributed by atoms with E-state index in [9.17, 15) is 0 Å². The maximum Gasteiger partial charge on any atom is 0.159 e. The normalized spacial score (nSPS) is 21.7. The quantitative estimate of drug-likeness (QED) is 0.166. The Morgan fingerprint density at radius 1 is 0.632 bits per heavy atom. The Hall–Kier alpha value is -5.71. The number of anilines is 5. The molecule has 0 saturated carbocycles. The van der Waals surface area contributed by atoms with Gasteiger partial charge in [-0.1, -0.05) is 162 Å². The number of para-hydroxylation sites is 2. The molecule has 0 fully saturated rings. The number of aryl methyl sites for hydroxylation is 1. The molecule has 0 radical (unpaired) electrons. The molecule has 1 atom stereocenters. The molecule has 68 heavy (non-hydrogen) atoms. The fourth-order valence-electron chi connectivity index (χ4n) is 11.2. The topological polar surface area (TPSA) is 28.9 Å². The van der Waals surface area contributed by atoms with Gasteiger partial charge in [0.2, 0.25) is 0 Å². The van der Waals surface area contributed by atoms with Crippen molar-refractivity contribution in [3.05, 3.63) is 184 Å². The minimum Gasteiger partial charge on any atom is -0.458 e. The van der Waals surface area contributed by atoms with Gasteiger partial charge in [0.1, 0.15) is 17.1 Å². The molecule has 1 aliphatic heterocycles. The molecule has 2 heterocycles. The van der Waals surface area contributed by atoms with Crippen LogP contribution in [0.15, 0.2) is 156 Å². The van der Waals surface area contributed by atoms with Gasteiger partial charge in [-0.25, -0.2) is 0 Å². The molecule has 1 unspecified atom stereocenters. The van der Waals surface area contributed by atoms with Crippen molar-refractivity contribution < 1.29 is 9.15 Å². The number of hydrogen-bond donors (Lipinski definition) is 0. The van der Waals surface area contributed by atoms with Gasteiger partial charge in [0.25, 0.3) is 0 Å². The van der Waals surface area contributed by atoms with E-state index in [1.54, 1.807) is 0 Å². The van der Waals surface area contributed by atoms with Crippen molar-refractivity contribution in [2.75, 3.05) is 9.80 Å². The highest BCUT2D eigenvalue weighted by Crippen LogP contribution is 2.52. The lowest BCUT2D eigenvalue weighted by Gasteiger charge is -2.43. The number of benzene rings is 5. The average molecular weight is 924 g/mol. The highest BCUT2D eigenvalue weighted by atomic mass is 35.5. The summed E-state index contributed by atoms with van der Waals surface area (Å²) in [5.41, 5.74) is 15.2. The van der Waals surface area contributed by atoms with Crippen LogP contribution in [0.25, 0.3) is 21.9 Å². The number of fused-ring (bicyclic) bond motifs is 5. The van der Waals surface area contributed by atoms with Crippen molar-refractivity contribution in [1.82, 2.24) is 0 Å². The molecule has 2 aliphatic carbocycles. The van der Waals surface area contributed by atoms with E-state index in [0.717, 1.165) is 87.3 Å². The molecule has 9 rings (SSSR count). The van der Waals surface area contributed by atoms with E-state index in [1.807, 2.05) is 6.07 Å². The Bertz CT molecular complexity index is 3120. The lowest BCUT2D eigenvalue weighted by molar-refractivity contribution is 0.310. The van der Waals surface area contributed by atoms with Gasteiger partial charge in [0.15, 0.2) is 5.58 Å². The summed E-state index contributed by atoms with van der Waals surface area (Å²) in [4.78, 5) is 4.71. The van der Waals surface area contributed by atoms with E-state index < -0.39 is 0 Å². The summed E-state index contributed by atoms with van der Waals surface area (Å²) in [5, 5.41) is 2.76. The van der Waals surface area contributed by atoms with Gasteiger partial charge in [-0.05, 0) is 154 Å². The lowest BCUT2D eigenvalue weighted by Crippen LogP contribution is -2.34. The number of halogens is 1. The third-order valence-corrected chi connectivity index (χ3v) is 15.7. The second-order valence-electron chi connectivity index (χ2n) is 23.6. The summed E-state index contributed by atoms with van der Waals surface area (Å²) in [6.07, 6.45) is 13.3. The van der Waals surface area contributed by atoms with Crippen LogP contribution < -0.4 is 9.80 Å². The average Bonchev–Trinajstić information content (AvgIpc) is 3.64. The molecule has 6 aromatic rings. The second-order valence-corrected chi connectivity index (χ2v) is 24.1. The largest absolute Gasteiger partial charge is 0.458 e. The van der Waals surface area contributed by atoms with Crippen LogP contribution >= 0.6 is 11.6 Å². The van der Waals surface area contributed by atoms with Gasteiger partial charge in [-0.3, -0.25) is 0 Å². The minimum atomic E-state index is -0.169. The summed E-state index contributed by atoms with van der Waals surface area (Å²) in [6, 6.07) is 33.2. The van der Waals surface area contributed by atoms with E-state index >= 15 is 0 Å². The highest BCUT2D eigenvalue weighted by Gasteiger charge is 2.40. The first-order valence-electron chi connectivity index (χ1n) is 24.6. The van der Waals surface area contributed by atoms with Crippen LogP contribution in [0, 0.1) is 18.3 Å². The number of allylic oxidation sites excluding steroid dienone is 5. The Morgan fingerprint density at radius 2 is 1.22 bits per heavy atom. The fourth-order valence-corrected chi connectivity index (χ4v) is 11.4. The molecule has 0 spiro atoms. The van der Waals surface area contributed by atoms with Crippen LogP contribution in [0.2, 0.25) is 5.02 Å². The molecule has 3 aliphatic rings. The molecule has 5 heteroatoms. The first kappa shape index (κ1) is 47.4. The SMILES string of the molecule is C=C1/C=C(N(c2cc(Cl)cc(N(c3ccc4c(c3)C(C)(C)CCC4(C)C)c3cccc4c3oc3ccccc34)c2)c2cc3c(cc2C)C(C)(C)CCC3(C)C)\C=C/C(C)/C=C(/C(C)(C)C)C(=C)O1. The number of rotatable bonds is 6. The summed E-state index contributed by atoms with van der Waals surface area (Å²) in [7, 11) is 0. The van der Waals surface area contributed by atoms with Crippen LogP contribution in [0.3, 0.4) is 0 Å². The molecule has 1 aromatic heterocycles.